The molecule has 3 aromatic carbocycles. The monoisotopic (exact) mass is 620 g/mol. The lowest BCUT2D eigenvalue weighted by Crippen LogP contribution is -2.32. The Balaban J connectivity index is 2.08. The molecule has 0 bridgehead atoms. The number of halogens is 8. The van der Waals surface area contributed by atoms with E-state index in [-0.39, 0.29) is 5.92 Å². The van der Waals surface area contributed by atoms with Crippen molar-refractivity contribution in [3.63, 3.8) is 0 Å². The summed E-state index contributed by atoms with van der Waals surface area (Å²) >= 11 is 49.7. The fraction of sp³-hybridized carbons (Fsp3) is 0.100. The van der Waals surface area contributed by atoms with Crippen LogP contribution in [0.5, 0.6) is 0 Å². The third-order valence-corrected chi connectivity index (χ3v) is 13.5. The summed E-state index contributed by atoms with van der Waals surface area (Å²) in [6, 6.07) is 17.6. The van der Waals surface area contributed by atoms with E-state index in [0.29, 0.717) is 0 Å². The topological polar surface area (TPSA) is 0 Å². The van der Waals surface area contributed by atoms with Gasteiger partial charge in [-0.25, -0.2) is 0 Å². The van der Waals surface area contributed by atoms with Crippen LogP contribution in [0.1, 0.15) is 22.6 Å². The van der Waals surface area contributed by atoms with Crippen LogP contribution in [-0.4, -0.2) is 18.7 Å². The Labute approximate surface area is 222 Å². The molecule has 0 heterocycles. The van der Waals surface area contributed by atoms with Crippen LogP contribution in [0.15, 0.2) is 72.8 Å². The van der Waals surface area contributed by atoms with Crippen LogP contribution in [0.2, 0.25) is 6.55 Å². The predicted octanol–water partition coefficient (Wildman–Crippen LogP) is 7.35. The number of rotatable bonds is 6. The van der Waals surface area contributed by atoms with E-state index in [2.05, 4.69) is 0 Å². The average Bonchev–Trinajstić information content (AvgIpc) is 2.67. The van der Waals surface area contributed by atoms with Crippen LogP contribution in [0, 0.1) is 0 Å². The first-order chi connectivity index (χ1) is 14.3. The molecule has 0 amide bonds. The number of benzene rings is 3. The van der Waals surface area contributed by atoms with Gasteiger partial charge in [0.15, 0.2) is 0 Å². The standard InChI is InChI=1S/C20H16Cl8Si3/c1-29(21,22)17-8-2-14(3-9-17)20(15-4-10-18(11-5-15)30(23,24)25)16-6-12-19(13-7-16)31(26,27)28/h2-13,20H,1H3. The third kappa shape index (κ3) is 6.83. The summed E-state index contributed by atoms with van der Waals surface area (Å²) in [5.41, 5.74) is 3.18. The van der Waals surface area contributed by atoms with Gasteiger partial charge in [-0.3, -0.25) is 0 Å². The molecule has 0 saturated carbocycles. The van der Waals surface area contributed by atoms with Gasteiger partial charge in [0.05, 0.1) is 0 Å². The summed E-state index contributed by atoms with van der Waals surface area (Å²) < 4.78 is 0. The zero-order valence-corrected chi connectivity index (χ0v) is 25.1. The molecule has 0 aliphatic heterocycles. The molecule has 0 aliphatic rings. The normalized spacial score (nSPS) is 13.0. The lowest BCUT2D eigenvalue weighted by Gasteiger charge is -2.22. The van der Waals surface area contributed by atoms with Crippen molar-refractivity contribution in [1.29, 1.82) is 0 Å². The van der Waals surface area contributed by atoms with E-state index in [1.165, 1.54) is 0 Å². The molecule has 31 heavy (non-hydrogen) atoms. The first kappa shape index (κ1) is 26.2. The van der Waals surface area contributed by atoms with Gasteiger partial charge in [-0.05, 0) is 38.8 Å². The van der Waals surface area contributed by atoms with Gasteiger partial charge in [0.25, 0.3) is 6.69 Å². The van der Waals surface area contributed by atoms with E-state index in [0.717, 1.165) is 32.3 Å². The third-order valence-electron chi connectivity index (χ3n) is 4.89. The second-order valence-corrected chi connectivity index (χ2v) is 31.5. The molecule has 0 nitrogen and oxygen atoms in total. The van der Waals surface area contributed by atoms with Crippen molar-refractivity contribution in [3.05, 3.63) is 89.5 Å². The Kier molecular flexibility index (Phi) is 8.54. The molecule has 0 aliphatic carbocycles. The second-order valence-electron chi connectivity index (χ2n) is 7.18. The maximum atomic E-state index is 6.38. The summed E-state index contributed by atoms with van der Waals surface area (Å²) in [7, 11) is 0. The van der Waals surface area contributed by atoms with Crippen molar-refractivity contribution >= 4 is 123 Å². The van der Waals surface area contributed by atoms with Crippen molar-refractivity contribution in [2.24, 2.45) is 0 Å². The molecular formula is C20H16Cl8Si3. The Morgan fingerprint density at radius 2 is 0.710 bits per heavy atom. The molecule has 0 fully saturated rings. The summed E-state index contributed by atoms with van der Waals surface area (Å²) in [5.74, 6) is -0.0650. The minimum atomic E-state index is -2.95. The molecule has 0 spiro atoms. The molecule has 3 rings (SSSR count). The maximum absolute atomic E-state index is 6.38. The molecule has 0 unspecified atom stereocenters. The molecule has 0 radical (unpaired) electrons. The Hall–Kier alpha value is 0.631. The first-order valence-electron chi connectivity index (χ1n) is 9.09. The van der Waals surface area contributed by atoms with Gasteiger partial charge in [-0.2, -0.15) is 0 Å². The van der Waals surface area contributed by atoms with E-state index in [1.807, 2.05) is 79.3 Å². The van der Waals surface area contributed by atoms with Crippen LogP contribution in [0.25, 0.3) is 0 Å². The number of hydrogen-bond donors (Lipinski definition) is 0. The Morgan fingerprint density at radius 3 is 0.935 bits per heavy atom. The summed E-state index contributed by atoms with van der Waals surface area (Å²) in [5, 5.41) is 2.42. The lowest BCUT2D eigenvalue weighted by molar-refractivity contribution is 0.980. The van der Waals surface area contributed by atoms with Gasteiger partial charge in [0.2, 0.25) is 0 Å². The minimum absolute atomic E-state index is 0.0650. The predicted molar refractivity (Wildman–Crippen MR) is 149 cm³/mol. The van der Waals surface area contributed by atoms with Gasteiger partial charge in [0, 0.05) is 5.92 Å². The Morgan fingerprint density at radius 1 is 0.452 bits per heavy atom. The zero-order valence-electron chi connectivity index (χ0n) is 16.0. The largest absolute Gasteiger partial charge is 0.372 e. The van der Waals surface area contributed by atoms with E-state index in [1.54, 1.807) is 0 Å². The lowest BCUT2D eigenvalue weighted by atomic mass is 9.85. The molecule has 164 valence electrons. The average molecular weight is 624 g/mol. The quantitative estimate of drug-likeness (QED) is 0.153. The fourth-order valence-electron chi connectivity index (χ4n) is 3.27. The van der Waals surface area contributed by atoms with Gasteiger partial charge < -0.3 is 0 Å². The highest BCUT2D eigenvalue weighted by atomic mass is 35.8. The SMILES string of the molecule is C[Si](Cl)(Cl)c1ccc(C(c2ccc([Si](Cl)(Cl)Cl)cc2)c2ccc([Si](Cl)(Cl)Cl)cc2)cc1. The second kappa shape index (κ2) is 10.1. The van der Waals surface area contributed by atoms with Crippen molar-refractivity contribution in [2.45, 2.75) is 12.5 Å². The molecule has 11 heteroatoms. The minimum Gasteiger partial charge on any atom is -0.140 e. The van der Waals surface area contributed by atoms with E-state index >= 15 is 0 Å². The van der Waals surface area contributed by atoms with Crippen LogP contribution in [-0.2, 0) is 0 Å². The van der Waals surface area contributed by atoms with Crippen LogP contribution in [0.4, 0.5) is 0 Å². The van der Waals surface area contributed by atoms with Crippen molar-refractivity contribution in [3.8, 4) is 0 Å². The molecule has 0 N–H and O–H groups in total. The van der Waals surface area contributed by atoms with Crippen molar-refractivity contribution in [2.75, 3.05) is 0 Å². The fourth-order valence-corrected chi connectivity index (χ4v) is 8.14. The summed E-state index contributed by atoms with van der Waals surface area (Å²) in [4.78, 5) is 0. The highest BCUT2D eigenvalue weighted by Gasteiger charge is 2.30. The Bertz CT molecular complexity index is 882. The number of hydrogen-bond acceptors (Lipinski definition) is 0. The first-order valence-corrected chi connectivity index (χ1v) is 23.7. The molecule has 0 atom stereocenters. The highest BCUT2D eigenvalue weighted by molar-refractivity contribution is 7.70. The molecule has 3 aromatic rings. The van der Waals surface area contributed by atoms with E-state index in [4.69, 9.17) is 88.6 Å². The van der Waals surface area contributed by atoms with E-state index in [9.17, 15) is 0 Å². The maximum Gasteiger partial charge on any atom is 0.372 e. The van der Waals surface area contributed by atoms with E-state index < -0.39 is 18.7 Å². The smallest absolute Gasteiger partial charge is 0.140 e. The van der Waals surface area contributed by atoms with Crippen LogP contribution in [0.3, 0.4) is 0 Å². The molecule has 0 saturated heterocycles. The highest BCUT2D eigenvalue weighted by Crippen LogP contribution is 2.33. The van der Waals surface area contributed by atoms with Crippen LogP contribution < -0.4 is 15.6 Å². The zero-order chi connectivity index (χ0) is 23.0. The van der Waals surface area contributed by atoms with Gasteiger partial charge in [0.1, 0.15) is 0 Å². The van der Waals surface area contributed by atoms with Crippen molar-refractivity contribution in [1.82, 2.24) is 0 Å². The summed E-state index contributed by atoms with van der Waals surface area (Å²) in [6.07, 6.45) is 0. The van der Waals surface area contributed by atoms with Crippen molar-refractivity contribution < 1.29 is 0 Å². The molecule has 0 aromatic heterocycles. The van der Waals surface area contributed by atoms with Gasteiger partial charge in [-0.15, -0.1) is 88.6 Å². The van der Waals surface area contributed by atoms with Crippen LogP contribution >= 0.6 is 88.6 Å². The van der Waals surface area contributed by atoms with Gasteiger partial charge in [-0.1, -0.05) is 72.8 Å². The summed E-state index contributed by atoms with van der Waals surface area (Å²) in [6.45, 7) is -0.565. The van der Waals surface area contributed by atoms with Gasteiger partial charge >= 0.3 is 12.0 Å². The molecular weight excluding hydrogens is 608 g/mol.